The predicted octanol–water partition coefficient (Wildman–Crippen LogP) is 2.17. The molecule has 0 aliphatic rings. The summed E-state index contributed by atoms with van der Waals surface area (Å²) >= 11 is 0. The minimum atomic E-state index is -0.424. The number of carbonyl (C=O) groups is 1. The van der Waals surface area contributed by atoms with Crippen LogP contribution in [0.4, 0.5) is 5.69 Å². The molecule has 1 aromatic heterocycles. The average Bonchev–Trinajstić information content (AvgIpc) is 2.65. The van der Waals surface area contributed by atoms with Crippen molar-refractivity contribution in [2.45, 2.75) is 20.8 Å². The third kappa shape index (κ3) is 2.07. The van der Waals surface area contributed by atoms with Crippen molar-refractivity contribution >= 4 is 11.7 Å². The maximum Gasteiger partial charge on any atom is 0.340 e. The van der Waals surface area contributed by atoms with Gasteiger partial charge in [0.1, 0.15) is 5.69 Å². The number of esters is 1. The maximum atomic E-state index is 11.8. The molecule has 0 unspecified atom stereocenters. The van der Waals surface area contributed by atoms with Crippen LogP contribution in [0.1, 0.15) is 27.3 Å². The van der Waals surface area contributed by atoms with Gasteiger partial charge in [-0.05, 0) is 38.5 Å². The summed E-state index contributed by atoms with van der Waals surface area (Å²) < 4.78 is 6.50. The van der Waals surface area contributed by atoms with Gasteiger partial charge < -0.3 is 10.5 Å². The number of aromatic nitrogens is 2. The normalized spacial score (nSPS) is 10.5. The standard InChI is InChI=1S/C14H17N3O2/c1-8-9(2)16-17(10(8)3)13-11(14(18)19-4)6-5-7-12(13)15/h5-7H,15H2,1-4H3. The third-order valence-corrected chi connectivity index (χ3v) is 3.34. The monoisotopic (exact) mass is 259 g/mol. The fourth-order valence-corrected chi connectivity index (χ4v) is 2.01. The first-order valence-corrected chi connectivity index (χ1v) is 5.97. The number of para-hydroxylation sites is 1. The Hall–Kier alpha value is -2.30. The van der Waals surface area contributed by atoms with Gasteiger partial charge in [0, 0.05) is 5.69 Å². The third-order valence-electron chi connectivity index (χ3n) is 3.34. The lowest BCUT2D eigenvalue weighted by atomic mass is 10.1. The number of rotatable bonds is 2. The Balaban J connectivity index is 2.74. The van der Waals surface area contributed by atoms with E-state index < -0.39 is 5.97 Å². The number of nitrogen functional groups attached to an aromatic ring is 1. The van der Waals surface area contributed by atoms with Gasteiger partial charge in [0.25, 0.3) is 0 Å². The number of methoxy groups -OCH3 is 1. The van der Waals surface area contributed by atoms with Gasteiger partial charge in [-0.3, -0.25) is 0 Å². The average molecular weight is 259 g/mol. The van der Waals surface area contributed by atoms with E-state index >= 15 is 0 Å². The first kappa shape index (κ1) is 13.1. The van der Waals surface area contributed by atoms with Gasteiger partial charge >= 0.3 is 5.97 Å². The highest BCUT2D eigenvalue weighted by Crippen LogP contribution is 2.25. The van der Waals surface area contributed by atoms with Gasteiger partial charge in [0.2, 0.25) is 0 Å². The van der Waals surface area contributed by atoms with E-state index in [2.05, 4.69) is 5.10 Å². The molecule has 19 heavy (non-hydrogen) atoms. The van der Waals surface area contributed by atoms with E-state index in [4.69, 9.17) is 10.5 Å². The molecule has 0 saturated carbocycles. The summed E-state index contributed by atoms with van der Waals surface area (Å²) in [7, 11) is 1.35. The minimum Gasteiger partial charge on any atom is -0.465 e. The smallest absolute Gasteiger partial charge is 0.340 e. The lowest BCUT2D eigenvalue weighted by molar-refractivity contribution is 0.0600. The molecule has 0 bridgehead atoms. The summed E-state index contributed by atoms with van der Waals surface area (Å²) in [5.74, 6) is -0.424. The fourth-order valence-electron chi connectivity index (χ4n) is 2.01. The van der Waals surface area contributed by atoms with Crippen molar-refractivity contribution in [3.05, 3.63) is 40.7 Å². The number of carbonyl (C=O) groups excluding carboxylic acids is 1. The number of anilines is 1. The Kier molecular flexibility index (Phi) is 3.29. The molecule has 5 heteroatoms. The molecule has 0 saturated heterocycles. The number of ether oxygens (including phenoxy) is 1. The van der Waals surface area contributed by atoms with Crippen molar-refractivity contribution in [1.82, 2.24) is 9.78 Å². The molecule has 1 heterocycles. The van der Waals surface area contributed by atoms with Gasteiger partial charge in [0.05, 0.1) is 24.1 Å². The van der Waals surface area contributed by atoms with Crippen molar-refractivity contribution in [1.29, 1.82) is 0 Å². The summed E-state index contributed by atoms with van der Waals surface area (Å²) in [6, 6.07) is 5.15. The number of benzene rings is 1. The van der Waals surface area contributed by atoms with Crippen molar-refractivity contribution < 1.29 is 9.53 Å². The lowest BCUT2D eigenvalue weighted by Gasteiger charge is -2.12. The lowest BCUT2D eigenvalue weighted by Crippen LogP contribution is -2.12. The van der Waals surface area contributed by atoms with Crippen LogP contribution in [0.15, 0.2) is 18.2 Å². The SMILES string of the molecule is COC(=O)c1cccc(N)c1-n1nc(C)c(C)c1C. The number of nitrogens with two attached hydrogens (primary N) is 1. The van der Waals surface area contributed by atoms with Crippen LogP contribution in [-0.4, -0.2) is 22.9 Å². The second-order valence-corrected chi connectivity index (χ2v) is 4.44. The van der Waals surface area contributed by atoms with E-state index in [1.165, 1.54) is 7.11 Å². The van der Waals surface area contributed by atoms with Gasteiger partial charge in [-0.1, -0.05) is 6.07 Å². The summed E-state index contributed by atoms with van der Waals surface area (Å²) in [5, 5.41) is 4.45. The molecule has 0 fully saturated rings. The van der Waals surface area contributed by atoms with E-state index in [9.17, 15) is 4.79 Å². The number of aryl methyl sites for hydroxylation is 1. The summed E-state index contributed by atoms with van der Waals surface area (Å²) in [6.45, 7) is 5.86. The first-order valence-electron chi connectivity index (χ1n) is 5.97. The summed E-state index contributed by atoms with van der Waals surface area (Å²) in [6.07, 6.45) is 0. The van der Waals surface area contributed by atoms with Crippen LogP contribution in [-0.2, 0) is 4.74 Å². The van der Waals surface area contributed by atoms with E-state index in [0.717, 1.165) is 17.0 Å². The molecular weight excluding hydrogens is 242 g/mol. The molecule has 0 aliphatic carbocycles. The van der Waals surface area contributed by atoms with Crippen LogP contribution in [0.2, 0.25) is 0 Å². The zero-order chi connectivity index (χ0) is 14.2. The maximum absolute atomic E-state index is 11.8. The summed E-state index contributed by atoms with van der Waals surface area (Å²) in [4.78, 5) is 11.8. The predicted molar refractivity (Wildman–Crippen MR) is 73.5 cm³/mol. The van der Waals surface area contributed by atoms with E-state index in [1.807, 2.05) is 20.8 Å². The number of nitrogens with zero attached hydrogens (tertiary/aromatic N) is 2. The molecule has 2 aromatic rings. The minimum absolute atomic E-state index is 0.410. The van der Waals surface area contributed by atoms with Crippen molar-refractivity contribution in [3.8, 4) is 5.69 Å². The van der Waals surface area contributed by atoms with Crippen molar-refractivity contribution in [3.63, 3.8) is 0 Å². The number of hydrogen-bond acceptors (Lipinski definition) is 4. The highest BCUT2D eigenvalue weighted by molar-refractivity contribution is 5.95. The van der Waals surface area contributed by atoms with E-state index in [1.54, 1.807) is 22.9 Å². The Bertz CT molecular complexity index is 644. The Labute approximate surface area is 112 Å². The molecular formula is C14H17N3O2. The van der Waals surface area contributed by atoms with Crippen LogP contribution in [0.3, 0.4) is 0 Å². The topological polar surface area (TPSA) is 70.1 Å². The Morgan fingerprint density at radius 1 is 1.32 bits per heavy atom. The van der Waals surface area contributed by atoms with E-state index in [0.29, 0.717) is 16.9 Å². The van der Waals surface area contributed by atoms with Gasteiger partial charge in [-0.15, -0.1) is 0 Å². The fraction of sp³-hybridized carbons (Fsp3) is 0.286. The van der Waals surface area contributed by atoms with Gasteiger partial charge in [-0.25, -0.2) is 9.48 Å². The van der Waals surface area contributed by atoms with Crippen LogP contribution in [0.5, 0.6) is 0 Å². The molecule has 5 nitrogen and oxygen atoms in total. The molecule has 0 spiro atoms. The molecule has 2 rings (SSSR count). The van der Waals surface area contributed by atoms with Gasteiger partial charge in [-0.2, -0.15) is 5.10 Å². The second-order valence-electron chi connectivity index (χ2n) is 4.44. The highest BCUT2D eigenvalue weighted by atomic mass is 16.5. The molecule has 0 atom stereocenters. The summed E-state index contributed by atoms with van der Waals surface area (Å²) in [5.41, 5.74) is 10.4. The molecule has 0 amide bonds. The number of hydrogen-bond donors (Lipinski definition) is 1. The highest BCUT2D eigenvalue weighted by Gasteiger charge is 2.19. The zero-order valence-electron chi connectivity index (χ0n) is 11.5. The Morgan fingerprint density at radius 2 is 2.00 bits per heavy atom. The zero-order valence-corrected chi connectivity index (χ0v) is 11.5. The molecule has 0 radical (unpaired) electrons. The first-order chi connectivity index (χ1) is 8.97. The largest absolute Gasteiger partial charge is 0.465 e. The van der Waals surface area contributed by atoms with Crippen molar-refractivity contribution in [2.24, 2.45) is 0 Å². The quantitative estimate of drug-likeness (QED) is 0.662. The van der Waals surface area contributed by atoms with Crippen LogP contribution in [0.25, 0.3) is 5.69 Å². The second kappa shape index (κ2) is 4.76. The molecule has 100 valence electrons. The molecule has 1 aromatic carbocycles. The van der Waals surface area contributed by atoms with Crippen LogP contribution < -0.4 is 5.73 Å². The molecule has 2 N–H and O–H groups in total. The van der Waals surface area contributed by atoms with E-state index in [-0.39, 0.29) is 0 Å². The molecule has 0 aliphatic heterocycles. The van der Waals surface area contributed by atoms with Crippen LogP contribution in [0, 0.1) is 20.8 Å². The van der Waals surface area contributed by atoms with Gasteiger partial charge in [0.15, 0.2) is 0 Å². The Morgan fingerprint density at radius 3 is 2.53 bits per heavy atom. The van der Waals surface area contributed by atoms with Crippen LogP contribution >= 0.6 is 0 Å². The van der Waals surface area contributed by atoms with Crippen molar-refractivity contribution in [2.75, 3.05) is 12.8 Å².